The van der Waals surface area contributed by atoms with Crippen molar-refractivity contribution in [2.75, 3.05) is 6.61 Å². The van der Waals surface area contributed by atoms with Crippen molar-refractivity contribution in [3.8, 4) is 5.75 Å². The normalized spacial score (nSPS) is 15.9. The van der Waals surface area contributed by atoms with Gasteiger partial charge in [0.2, 0.25) is 0 Å². The fourth-order valence-electron chi connectivity index (χ4n) is 2.35. The van der Waals surface area contributed by atoms with Gasteiger partial charge in [-0.3, -0.25) is 0 Å². The number of nitrogens with two attached hydrogens (primary N) is 1. The van der Waals surface area contributed by atoms with Crippen LogP contribution in [0.4, 0.5) is 0 Å². The SMILES string of the molecule is NC(c1ccoc1Cl)c1cccc2c1OCCC2. The van der Waals surface area contributed by atoms with Gasteiger partial charge in [0.25, 0.3) is 0 Å². The molecule has 2 heterocycles. The number of hydrogen-bond donors (Lipinski definition) is 1. The molecular formula is C14H14ClNO2. The van der Waals surface area contributed by atoms with Crippen molar-refractivity contribution >= 4 is 11.6 Å². The Bertz CT molecular complexity index is 565. The van der Waals surface area contributed by atoms with Crippen LogP contribution in [0.25, 0.3) is 0 Å². The van der Waals surface area contributed by atoms with E-state index in [1.54, 1.807) is 12.3 Å². The molecule has 1 aromatic carbocycles. The van der Waals surface area contributed by atoms with Gasteiger partial charge in [0.05, 0.1) is 18.9 Å². The fraction of sp³-hybridized carbons (Fsp3) is 0.286. The van der Waals surface area contributed by atoms with Crippen molar-refractivity contribution < 1.29 is 9.15 Å². The second-order valence-electron chi connectivity index (χ2n) is 4.41. The van der Waals surface area contributed by atoms with Gasteiger partial charge in [0.1, 0.15) is 5.75 Å². The van der Waals surface area contributed by atoms with E-state index < -0.39 is 0 Å². The fourth-order valence-corrected chi connectivity index (χ4v) is 2.59. The predicted octanol–water partition coefficient (Wildman–Crippen LogP) is 3.31. The Morgan fingerprint density at radius 2 is 2.11 bits per heavy atom. The number of para-hydroxylation sites is 1. The van der Waals surface area contributed by atoms with E-state index in [0.717, 1.165) is 36.3 Å². The molecule has 0 radical (unpaired) electrons. The van der Waals surface area contributed by atoms with E-state index in [0.29, 0.717) is 5.22 Å². The Balaban J connectivity index is 2.04. The number of halogens is 1. The first kappa shape index (κ1) is 11.6. The number of rotatable bonds is 2. The molecule has 0 fully saturated rings. The van der Waals surface area contributed by atoms with Gasteiger partial charge in [0, 0.05) is 11.1 Å². The van der Waals surface area contributed by atoms with E-state index in [1.165, 1.54) is 5.56 Å². The van der Waals surface area contributed by atoms with Gasteiger partial charge < -0.3 is 14.9 Å². The van der Waals surface area contributed by atoms with Crippen LogP contribution in [0, 0.1) is 0 Å². The molecule has 1 aliphatic rings. The van der Waals surface area contributed by atoms with Crippen molar-refractivity contribution in [3.05, 3.63) is 52.4 Å². The molecule has 0 aliphatic carbocycles. The van der Waals surface area contributed by atoms with Crippen molar-refractivity contribution in [2.45, 2.75) is 18.9 Å². The van der Waals surface area contributed by atoms with Crippen LogP contribution in [0.5, 0.6) is 5.75 Å². The summed E-state index contributed by atoms with van der Waals surface area (Å²) >= 11 is 5.98. The van der Waals surface area contributed by atoms with Crippen LogP contribution in [0.15, 0.2) is 34.9 Å². The Kier molecular flexibility index (Phi) is 3.02. The second-order valence-corrected chi connectivity index (χ2v) is 4.76. The lowest BCUT2D eigenvalue weighted by Gasteiger charge is -2.23. The summed E-state index contributed by atoms with van der Waals surface area (Å²) in [5, 5.41) is 0.343. The summed E-state index contributed by atoms with van der Waals surface area (Å²) < 4.78 is 10.9. The lowest BCUT2D eigenvalue weighted by molar-refractivity contribution is 0.284. The van der Waals surface area contributed by atoms with Crippen LogP contribution < -0.4 is 10.5 Å². The number of benzene rings is 1. The molecule has 4 heteroatoms. The van der Waals surface area contributed by atoms with Gasteiger partial charge in [-0.15, -0.1) is 0 Å². The highest BCUT2D eigenvalue weighted by Gasteiger charge is 2.22. The molecule has 1 aromatic heterocycles. The number of ether oxygens (including phenoxy) is 1. The highest BCUT2D eigenvalue weighted by molar-refractivity contribution is 6.29. The van der Waals surface area contributed by atoms with Crippen molar-refractivity contribution in [1.82, 2.24) is 0 Å². The van der Waals surface area contributed by atoms with E-state index >= 15 is 0 Å². The van der Waals surface area contributed by atoms with Gasteiger partial charge in [-0.1, -0.05) is 18.2 Å². The Morgan fingerprint density at radius 1 is 1.22 bits per heavy atom. The van der Waals surface area contributed by atoms with Crippen LogP contribution in [-0.4, -0.2) is 6.61 Å². The average Bonchev–Trinajstić information content (AvgIpc) is 2.83. The summed E-state index contributed by atoms with van der Waals surface area (Å²) in [5.74, 6) is 0.911. The van der Waals surface area contributed by atoms with E-state index in [2.05, 4.69) is 6.07 Å². The highest BCUT2D eigenvalue weighted by Crippen LogP contribution is 2.36. The number of hydrogen-bond acceptors (Lipinski definition) is 3. The van der Waals surface area contributed by atoms with Gasteiger partial charge in [-0.2, -0.15) is 0 Å². The van der Waals surface area contributed by atoms with Crippen molar-refractivity contribution in [3.63, 3.8) is 0 Å². The number of aryl methyl sites for hydroxylation is 1. The summed E-state index contributed by atoms with van der Waals surface area (Å²) in [6.45, 7) is 0.746. The third-order valence-corrected chi connectivity index (χ3v) is 3.59. The first-order valence-electron chi connectivity index (χ1n) is 6.00. The minimum atomic E-state index is -0.315. The molecule has 2 aromatic rings. The topological polar surface area (TPSA) is 48.4 Å². The Hall–Kier alpha value is -1.45. The molecule has 94 valence electrons. The van der Waals surface area contributed by atoms with Crippen LogP contribution in [0.2, 0.25) is 5.22 Å². The quantitative estimate of drug-likeness (QED) is 0.904. The largest absolute Gasteiger partial charge is 0.493 e. The smallest absolute Gasteiger partial charge is 0.198 e. The summed E-state index contributed by atoms with van der Waals surface area (Å²) in [6.07, 6.45) is 3.64. The molecule has 1 aliphatic heterocycles. The molecule has 1 atom stereocenters. The number of fused-ring (bicyclic) bond motifs is 1. The second kappa shape index (κ2) is 4.67. The first-order chi connectivity index (χ1) is 8.77. The molecule has 3 nitrogen and oxygen atoms in total. The monoisotopic (exact) mass is 263 g/mol. The molecular weight excluding hydrogens is 250 g/mol. The summed E-state index contributed by atoms with van der Waals surface area (Å²) in [4.78, 5) is 0. The maximum absolute atomic E-state index is 6.26. The number of furan rings is 1. The Morgan fingerprint density at radius 3 is 2.89 bits per heavy atom. The maximum atomic E-state index is 6.26. The molecule has 2 N–H and O–H groups in total. The maximum Gasteiger partial charge on any atom is 0.198 e. The zero-order chi connectivity index (χ0) is 12.5. The van der Waals surface area contributed by atoms with Crippen LogP contribution >= 0.6 is 11.6 Å². The van der Waals surface area contributed by atoms with Crippen LogP contribution in [0.3, 0.4) is 0 Å². The van der Waals surface area contributed by atoms with Gasteiger partial charge >= 0.3 is 0 Å². The highest BCUT2D eigenvalue weighted by atomic mass is 35.5. The molecule has 0 amide bonds. The van der Waals surface area contributed by atoms with Crippen molar-refractivity contribution in [2.24, 2.45) is 5.73 Å². The van der Waals surface area contributed by atoms with Crippen LogP contribution in [0.1, 0.15) is 29.2 Å². The van der Waals surface area contributed by atoms with Gasteiger partial charge in [-0.05, 0) is 36.1 Å². The lowest BCUT2D eigenvalue weighted by Crippen LogP contribution is -2.17. The Labute approximate surface area is 110 Å². The lowest BCUT2D eigenvalue weighted by atomic mass is 9.95. The molecule has 0 saturated carbocycles. The third kappa shape index (κ3) is 1.89. The van der Waals surface area contributed by atoms with Gasteiger partial charge in [-0.25, -0.2) is 0 Å². The molecule has 1 unspecified atom stereocenters. The molecule has 18 heavy (non-hydrogen) atoms. The minimum Gasteiger partial charge on any atom is -0.493 e. The molecule has 0 bridgehead atoms. The predicted molar refractivity (Wildman–Crippen MR) is 70.0 cm³/mol. The molecule has 3 rings (SSSR count). The van der Waals surface area contributed by atoms with E-state index in [1.807, 2.05) is 12.1 Å². The first-order valence-corrected chi connectivity index (χ1v) is 6.38. The standard InChI is InChI=1S/C14H14ClNO2/c15-14-11(6-8-18-14)12(16)10-5-1-3-9-4-2-7-17-13(9)10/h1,3,5-6,8,12H,2,4,7,16H2. The molecule has 0 spiro atoms. The minimum absolute atomic E-state index is 0.315. The zero-order valence-corrected chi connectivity index (χ0v) is 10.6. The summed E-state index contributed by atoms with van der Waals surface area (Å²) in [7, 11) is 0. The van der Waals surface area contributed by atoms with E-state index in [9.17, 15) is 0 Å². The van der Waals surface area contributed by atoms with E-state index in [4.69, 9.17) is 26.5 Å². The summed E-state index contributed by atoms with van der Waals surface area (Å²) in [5.41, 5.74) is 9.24. The van der Waals surface area contributed by atoms with Gasteiger partial charge in [0.15, 0.2) is 5.22 Å². The van der Waals surface area contributed by atoms with Crippen LogP contribution in [-0.2, 0) is 6.42 Å². The third-order valence-electron chi connectivity index (χ3n) is 3.28. The molecule has 0 saturated heterocycles. The zero-order valence-electron chi connectivity index (χ0n) is 9.86. The van der Waals surface area contributed by atoms with Crippen molar-refractivity contribution in [1.29, 1.82) is 0 Å². The summed E-state index contributed by atoms with van der Waals surface area (Å²) in [6, 6.07) is 7.57. The van der Waals surface area contributed by atoms with E-state index in [-0.39, 0.29) is 6.04 Å². The average molecular weight is 264 g/mol.